The fourth-order valence-electron chi connectivity index (χ4n) is 1.59. The van der Waals surface area contributed by atoms with Crippen LogP contribution in [0, 0.1) is 0 Å². The highest BCUT2D eigenvalue weighted by atomic mass is 32.1. The Morgan fingerprint density at radius 3 is 2.78 bits per heavy atom. The molecule has 6 heteroatoms. The van der Waals surface area contributed by atoms with Crippen molar-refractivity contribution in [2.45, 2.75) is 38.3 Å². The number of nitrogens with one attached hydrogen (secondary N) is 1. The summed E-state index contributed by atoms with van der Waals surface area (Å²) in [6, 6.07) is 3.91. The molecule has 1 rings (SSSR count). The first-order chi connectivity index (χ1) is 8.44. The Balaban J connectivity index is 2.51. The maximum Gasteiger partial charge on any atom is 0.303 e. The van der Waals surface area contributed by atoms with Gasteiger partial charge in [-0.25, -0.2) is 0 Å². The van der Waals surface area contributed by atoms with Gasteiger partial charge < -0.3 is 10.8 Å². The molecule has 0 spiro atoms. The number of hydrogen-bond acceptors (Lipinski definition) is 4. The number of carbonyl (C=O) groups is 2. The van der Waals surface area contributed by atoms with E-state index in [4.69, 9.17) is 10.8 Å². The van der Waals surface area contributed by atoms with Gasteiger partial charge in [-0.2, -0.15) is 0 Å². The number of aliphatic carboxylic acids is 1. The molecule has 0 aliphatic heterocycles. The molecule has 0 bridgehead atoms. The third-order valence-corrected chi connectivity index (χ3v) is 3.72. The monoisotopic (exact) mass is 270 g/mol. The fourth-order valence-corrected chi connectivity index (χ4v) is 2.23. The second kappa shape index (κ2) is 6.51. The van der Waals surface area contributed by atoms with Crippen LogP contribution in [0.3, 0.4) is 0 Å². The molecule has 18 heavy (non-hydrogen) atoms. The van der Waals surface area contributed by atoms with Gasteiger partial charge in [0, 0.05) is 17.8 Å². The summed E-state index contributed by atoms with van der Waals surface area (Å²) in [5.41, 5.74) is 4.52. The van der Waals surface area contributed by atoms with Crippen LogP contribution >= 0.6 is 11.3 Å². The van der Waals surface area contributed by atoms with E-state index in [1.165, 1.54) is 0 Å². The van der Waals surface area contributed by atoms with Crippen molar-refractivity contribution < 1.29 is 14.7 Å². The molecule has 0 aliphatic rings. The van der Waals surface area contributed by atoms with Crippen LogP contribution in [-0.4, -0.2) is 22.5 Å². The van der Waals surface area contributed by atoms with Gasteiger partial charge in [0.1, 0.15) is 0 Å². The molecular weight excluding hydrogens is 252 g/mol. The van der Waals surface area contributed by atoms with Crippen molar-refractivity contribution in [3.63, 3.8) is 0 Å². The summed E-state index contributed by atoms with van der Waals surface area (Å²) < 4.78 is 0. The standard InChI is InChI=1S/C12H18N2O3S/c1-12(11(13)17,6-2-5-10(15)16)14-8-9-4-3-7-18-9/h3-4,7,14H,2,5-6,8H2,1H3,(H2,13,17)(H,15,16). The molecule has 1 aromatic heterocycles. The lowest BCUT2D eigenvalue weighted by Crippen LogP contribution is -2.52. The van der Waals surface area contributed by atoms with Gasteiger partial charge in [0.25, 0.3) is 0 Å². The summed E-state index contributed by atoms with van der Waals surface area (Å²) in [4.78, 5) is 23.0. The van der Waals surface area contributed by atoms with E-state index in [0.717, 1.165) is 4.88 Å². The molecular formula is C12H18N2O3S. The minimum absolute atomic E-state index is 0.0452. The zero-order chi connectivity index (χ0) is 13.6. The predicted octanol–water partition coefficient (Wildman–Crippen LogP) is 1.34. The number of carboxylic acids is 1. The Kier molecular flexibility index (Phi) is 5.30. The first-order valence-corrected chi connectivity index (χ1v) is 6.61. The maximum atomic E-state index is 11.5. The second-order valence-electron chi connectivity index (χ2n) is 4.38. The zero-order valence-corrected chi connectivity index (χ0v) is 11.1. The summed E-state index contributed by atoms with van der Waals surface area (Å²) in [7, 11) is 0. The van der Waals surface area contributed by atoms with E-state index >= 15 is 0 Å². The van der Waals surface area contributed by atoms with Crippen LogP contribution in [0.4, 0.5) is 0 Å². The smallest absolute Gasteiger partial charge is 0.303 e. The van der Waals surface area contributed by atoms with E-state index in [1.54, 1.807) is 18.3 Å². The number of thiophene rings is 1. The van der Waals surface area contributed by atoms with Gasteiger partial charge in [-0.3, -0.25) is 14.9 Å². The number of amides is 1. The average molecular weight is 270 g/mol. The molecule has 0 aromatic carbocycles. The molecule has 0 saturated carbocycles. The quantitative estimate of drug-likeness (QED) is 0.664. The number of hydrogen-bond donors (Lipinski definition) is 3. The number of primary amides is 1. The molecule has 1 heterocycles. The second-order valence-corrected chi connectivity index (χ2v) is 5.41. The maximum absolute atomic E-state index is 11.5. The van der Waals surface area contributed by atoms with Crippen molar-refractivity contribution in [1.29, 1.82) is 0 Å². The minimum Gasteiger partial charge on any atom is -0.481 e. The number of nitrogens with two attached hydrogens (primary N) is 1. The lowest BCUT2D eigenvalue weighted by atomic mass is 9.94. The molecule has 1 amide bonds. The topological polar surface area (TPSA) is 92.4 Å². The van der Waals surface area contributed by atoms with Crippen molar-refractivity contribution in [3.8, 4) is 0 Å². The number of rotatable bonds is 8. The molecule has 100 valence electrons. The van der Waals surface area contributed by atoms with Crippen molar-refractivity contribution in [3.05, 3.63) is 22.4 Å². The Morgan fingerprint density at radius 2 is 2.28 bits per heavy atom. The van der Waals surface area contributed by atoms with Gasteiger partial charge in [-0.05, 0) is 31.2 Å². The summed E-state index contributed by atoms with van der Waals surface area (Å²) in [6.45, 7) is 2.27. The van der Waals surface area contributed by atoms with E-state index in [1.807, 2.05) is 17.5 Å². The third-order valence-electron chi connectivity index (χ3n) is 2.84. The van der Waals surface area contributed by atoms with Crippen molar-refractivity contribution in [2.75, 3.05) is 0 Å². The van der Waals surface area contributed by atoms with Gasteiger partial charge >= 0.3 is 5.97 Å². The minimum atomic E-state index is -0.862. The molecule has 5 nitrogen and oxygen atoms in total. The Hall–Kier alpha value is -1.40. The van der Waals surface area contributed by atoms with E-state index in [2.05, 4.69) is 5.32 Å². The first-order valence-electron chi connectivity index (χ1n) is 5.73. The molecule has 4 N–H and O–H groups in total. The molecule has 1 atom stereocenters. The van der Waals surface area contributed by atoms with Crippen molar-refractivity contribution in [1.82, 2.24) is 5.32 Å². The average Bonchev–Trinajstić information content (AvgIpc) is 2.78. The third kappa shape index (κ3) is 4.46. The lowest BCUT2D eigenvalue weighted by Gasteiger charge is -2.27. The van der Waals surface area contributed by atoms with Gasteiger partial charge in [0.05, 0.1) is 5.54 Å². The van der Waals surface area contributed by atoms with E-state index < -0.39 is 17.4 Å². The Labute approximate surface area is 110 Å². The normalized spacial score (nSPS) is 14.1. The van der Waals surface area contributed by atoms with Crippen molar-refractivity contribution in [2.24, 2.45) is 5.73 Å². The van der Waals surface area contributed by atoms with Gasteiger partial charge in [0.15, 0.2) is 0 Å². The molecule has 0 fully saturated rings. The Morgan fingerprint density at radius 1 is 1.56 bits per heavy atom. The van der Waals surface area contributed by atoms with Crippen LogP contribution in [0.2, 0.25) is 0 Å². The highest BCUT2D eigenvalue weighted by Gasteiger charge is 2.30. The van der Waals surface area contributed by atoms with E-state index in [9.17, 15) is 9.59 Å². The highest BCUT2D eigenvalue weighted by molar-refractivity contribution is 7.09. The number of carbonyl (C=O) groups excluding carboxylic acids is 1. The first kappa shape index (κ1) is 14.7. The summed E-state index contributed by atoms with van der Waals surface area (Å²) >= 11 is 1.60. The van der Waals surface area contributed by atoms with Crippen LogP contribution in [0.25, 0.3) is 0 Å². The predicted molar refractivity (Wildman–Crippen MR) is 70.2 cm³/mol. The summed E-state index contributed by atoms with van der Waals surface area (Å²) in [5, 5.41) is 13.7. The van der Waals surface area contributed by atoms with Gasteiger partial charge in [0.2, 0.25) is 5.91 Å². The van der Waals surface area contributed by atoms with Gasteiger partial charge in [-0.1, -0.05) is 6.07 Å². The lowest BCUT2D eigenvalue weighted by molar-refractivity contribution is -0.137. The highest BCUT2D eigenvalue weighted by Crippen LogP contribution is 2.16. The molecule has 1 aromatic rings. The van der Waals surface area contributed by atoms with Crippen LogP contribution < -0.4 is 11.1 Å². The van der Waals surface area contributed by atoms with Crippen molar-refractivity contribution >= 4 is 23.2 Å². The fraction of sp³-hybridized carbons (Fsp3) is 0.500. The van der Waals surface area contributed by atoms with E-state index in [-0.39, 0.29) is 6.42 Å². The summed E-state index contributed by atoms with van der Waals surface area (Å²) in [5.74, 6) is -1.32. The van der Waals surface area contributed by atoms with Crippen LogP contribution in [0.15, 0.2) is 17.5 Å². The van der Waals surface area contributed by atoms with Crippen LogP contribution in [0.1, 0.15) is 31.1 Å². The SMILES string of the molecule is CC(CCCC(=O)O)(NCc1cccs1)C(N)=O. The number of carboxylic acid groups (broad SMARTS) is 1. The Bertz CT molecular complexity index is 405. The summed E-state index contributed by atoms with van der Waals surface area (Å²) in [6.07, 6.45) is 0.885. The van der Waals surface area contributed by atoms with Crippen LogP contribution in [0.5, 0.6) is 0 Å². The van der Waals surface area contributed by atoms with Crippen LogP contribution in [-0.2, 0) is 16.1 Å². The molecule has 0 saturated heterocycles. The molecule has 0 aliphatic carbocycles. The zero-order valence-electron chi connectivity index (χ0n) is 10.3. The largest absolute Gasteiger partial charge is 0.481 e. The molecule has 1 unspecified atom stereocenters. The molecule has 0 radical (unpaired) electrons. The van der Waals surface area contributed by atoms with E-state index in [0.29, 0.717) is 19.4 Å². The van der Waals surface area contributed by atoms with Gasteiger partial charge in [-0.15, -0.1) is 11.3 Å².